The summed E-state index contributed by atoms with van der Waals surface area (Å²) in [5, 5.41) is 19.6. The molecule has 24 heavy (non-hydrogen) atoms. The largest absolute Gasteiger partial charge is 0.353 e. The maximum Gasteiger partial charge on any atom is 0.353 e. The van der Waals surface area contributed by atoms with Crippen LogP contribution in [0.2, 0.25) is 0 Å². The van der Waals surface area contributed by atoms with Crippen LogP contribution < -0.4 is 10.6 Å². The van der Waals surface area contributed by atoms with Crippen molar-refractivity contribution < 1.29 is 4.92 Å². The molecule has 2 aromatic heterocycles. The first-order chi connectivity index (χ1) is 11.7. The third kappa shape index (κ3) is 3.46. The zero-order valence-corrected chi connectivity index (χ0v) is 13.6. The van der Waals surface area contributed by atoms with Gasteiger partial charge in [-0.3, -0.25) is 10.1 Å². The van der Waals surface area contributed by atoms with Gasteiger partial charge in [0.1, 0.15) is 6.33 Å². The number of nitro groups is 1. The first-order valence-electron chi connectivity index (χ1n) is 7.19. The van der Waals surface area contributed by atoms with Crippen LogP contribution >= 0.6 is 11.3 Å². The van der Waals surface area contributed by atoms with Crippen LogP contribution in [0.4, 0.5) is 28.1 Å². The van der Waals surface area contributed by atoms with Gasteiger partial charge in [0.05, 0.1) is 4.92 Å². The highest BCUT2D eigenvalue weighted by Gasteiger charge is 2.23. The van der Waals surface area contributed by atoms with E-state index < -0.39 is 4.92 Å². The normalized spacial score (nSPS) is 10.4. The first-order valence-corrected chi connectivity index (χ1v) is 8.07. The van der Waals surface area contributed by atoms with E-state index in [0.29, 0.717) is 10.8 Å². The summed E-state index contributed by atoms with van der Waals surface area (Å²) in [4.78, 5) is 23.0. The number of aromatic nitrogens is 3. The molecule has 0 saturated carbocycles. The quantitative estimate of drug-likeness (QED) is 0.517. The molecule has 1 aromatic carbocycles. The van der Waals surface area contributed by atoms with Gasteiger partial charge in [-0.2, -0.15) is 0 Å². The van der Waals surface area contributed by atoms with Gasteiger partial charge in [0, 0.05) is 17.3 Å². The Balaban J connectivity index is 1.92. The van der Waals surface area contributed by atoms with Crippen molar-refractivity contribution in [1.29, 1.82) is 0 Å². The van der Waals surface area contributed by atoms with E-state index in [2.05, 4.69) is 32.5 Å². The highest BCUT2D eigenvalue weighted by molar-refractivity contribution is 7.13. The van der Waals surface area contributed by atoms with Crippen LogP contribution in [-0.4, -0.2) is 19.9 Å². The van der Waals surface area contributed by atoms with Crippen LogP contribution in [0.25, 0.3) is 0 Å². The molecule has 0 aliphatic rings. The molecule has 0 fully saturated rings. The maximum atomic E-state index is 11.5. The number of hydrogen-bond donors (Lipinski definition) is 2. The smallest absolute Gasteiger partial charge is 0.334 e. The topological polar surface area (TPSA) is 106 Å². The molecule has 0 radical (unpaired) electrons. The minimum atomic E-state index is -0.515. The zero-order chi connectivity index (χ0) is 16.9. The van der Waals surface area contributed by atoms with Gasteiger partial charge in [0.2, 0.25) is 11.6 Å². The van der Waals surface area contributed by atoms with E-state index >= 15 is 0 Å². The maximum absolute atomic E-state index is 11.5. The number of rotatable bonds is 6. The van der Waals surface area contributed by atoms with Crippen molar-refractivity contribution >= 4 is 39.5 Å². The molecule has 0 atom stereocenters. The van der Waals surface area contributed by atoms with Crippen LogP contribution in [-0.2, 0) is 6.42 Å². The van der Waals surface area contributed by atoms with Crippen molar-refractivity contribution in [2.45, 2.75) is 13.3 Å². The minimum Gasteiger partial charge on any atom is -0.334 e. The third-order valence-electron chi connectivity index (χ3n) is 3.29. The van der Waals surface area contributed by atoms with Crippen LogP contribution in [0.3, 0.4) is 0 Å². The molecule has 0 amide bonds. The summed E-state index contributed by atoms with van der Waals surface area (Å²) < 4.78 is 0. The molecular formula is C15H14N6O2S. The number of anilines is 4. The molecule has 3 rings (SSSR count). The molecule has 0 bridgehead atoms. The van der Waals surface area contributed by atoms with E-state index in [0.717, 1.165) is 6.42 Å². The van der Waals surface area contributed by atoms with E-state index in [9.17, 15) is 10.1 Å². The summed E-state index contributed by atoms with van der Waals surface area (Å²) in [6, 6.07) is 7.64. The summed E-state index contributed by atoms with van der Waals surface area (Å²) in [7, 11) is 0. The fourth-order valence-corrected chi connectivity index (χ4v) is 2.61. The van der Waals surface area contributed by atoms with Crippen molar-refractivity contribution in [3.05, 3.63) is 57.8 Å². The van der Waals surface area contributed by atoms with Crippen molar-refractivity contribution in [3.63, 3.8) is 0 Å². The van der Waals surface area contributed by atoms with Gasteiger partial charge >= 0.3 is 5.69 Å². The lowest BCUT2D eigenvalue weighted by Crippen LogP contribution is -2.05. The molecule has 0 spiro atoms. The molecule has 3 aromatic rings. The Kier molecular flexibility index (Phi) is 4.62. The monoisotopic (exact) mass is 342 g/mol. The van der Waals surface area contributed by atoms with Crippen LogP contribution in [0.15, 0.2) is 42.2 Å². The van der Waals surface area contributed by atoms with Gasteiger partial charge in [0.15, 0.2) is 5.13 Å². The lowest BCUT2D eigenvalue weighted by Gasteiger charge is -2.09. The average molecular weight is 342 g/mol. The predicted octanol–water partition coefficient (Wildman–Crippen LogP) is 3.89. The van der Waals surface area contributed by atoms with Gasteiger partial charge in [-0.05, 0) is 24.1 Å². The van der Waals surface area contributed by atoms with Gasteiger partial charge in [0.25, 0.3) is 0 Å². The van der Waals surface area contributed by atoms with Crippen LogP contribution in [0, 0.1) is 10.1 Å². The Labute approximate surface area is 141 Å². The highest BCUT2D eigenvalue weighted by atomic mass is 32.1. The molecule has 0 unspecified atom stereocenters. The predicted molar refractivity (Wildman–Crippen MR) is 93.2 cm³/mol. The lowest BCUT2D eigenvalue weighted by molar-refractivity contribution is -0.383. The molecule has 9 heteroatoms. The van der Waals surface area contributed by atoms with Gasteiger partial charge < -0.3 is 10.6 Å². The van der Waals surface area contributed by atoms with Crippen LogP contribution in [0.5, 0.6) is 0 Å². The minimum absolute atomic E-state index is 0.0950. The molecule has 0 aliphatic heterocycles. The van der Waals surface area contributed by atoms with Crippen LogP contribution in [0.1, 0.15) is 12.5 Å². The second-order valence-electron chi connectivity index (χ2n) is 4.81. The lowest BCUT2D eigenvalue weighted by atomic mass is 10.1. The Morgan fingerprint density at radius 2 is 1.83 bits per heavy atom. The van der Waals surface area contributed by atoms with Crippen molar-refractivity contribution in [2.24, 2.45) is 0 Å². The number of nitrogens with zero attached hydrogens (tertiary/aromatic N) is 4. The number of thiazole rings is 1. The molecule has 2 heterocycles. The summed E-state index contributed by atoms with van der Waals surface area (Å²) >= 11 is 1.33. The molecule has 122 valence electrons. The van der Waals surface area contributed by atoms with Gasteiger partial charge in [-0.1, -0.05) is 19.1 Å². The summed E-state index contributed by atoms with van der Waals surface area (Å²) in [6.45, 7) is 2.06. The second kappa shape index (κ2) is 7.01. The Hall–Kier alpha value is -3.07. The highest BCUT2D eigenvalue weighted by Crippen LogP contribution is 2.33. The SMILES string of the molecule is CCc1ccc(Nc2ncnc(Nc3nccs3)c2[N+](=O)[O-])cc1. The van der Waals surface area contributed by atoms with Gasteiger partial charge in [-0.15, -0.1) is 11.3 Å². The molecule has 0 saturated heterocycles. The van der Waals surface area contributed by atoms with Crippen molar-refractivity contribution in [3.8, 4) is 0 Å². The van der Waals surface area contributed by atoms with E-state index in [1.54, 1.807) is 11.6 Å². The number of nitrogens with one attached hydrogen (secondary N) is 2. The Bertz CT molecular complexity index is 836. The second-order valence-corrected chi connectivity index (χ2v) is 5.71. The average Bonchev–Trinajstić information content (AvgIpc) is 3.08. The van der Waals surface area contributed by atoms with E-state index in [1.165, 1.54) is 23.2 Å². The molecule has 2 N–H and O–H groups in total. The third-order valence-corrected chi connectivity index (χ3v) is 3.98. The van der Waals surface area contributed by atoms with E-state index in [-0.39, 0.29) is 17.3 Å². The number of benzene rings is 1. The number of aryl methyl sites for hydroxylation is 1. The Morgan fingerprint density at radius 3 is 2.42 bits per heavy atom. The summed E-state index contributed by atoms with van der Waals surface area (Å²) in [5.41, 5.74) is 1.67. The van der Waals surface area contributed by atoms with E-state index in [4.69, 9.17) is 0 Å². The van der Waals surface area contributed by atoms with Gasteiger partial charge in [-0.25, -0.2) is 15.0 Å². The van der Waals surface area contributed by atoms with Crippen molar-refractivity contribution in [1.82, 2.24) is 15.0 Å². The molecule has 0 aliphatic carbocycles. The standard InChI is InChI=1S/C15H14N6O2S/c1-2-10-3-5-11(6-4-10)19-13-12(21(22)23)14(18-9-17-13)20-15-16-7-8-24-15/h3-9H,2H2,1H3,(H2,16,17,18,19,20). The van der Waals surface area contributed by atoms with Crippen molar-refractivity contribution in [2.75, 3.05) is 10.6 Å². The summed E-state index contributed by atoms with van der Waals surface area (Å²) in [5.74, 6) is 0.218. The fraction of sp³-hybridized carbons (Fsp3) is 0.133. The zero-order valence-electron chi connectivity index (χ0n) is 12.8. The first kappa shape index (κ1) is 15.8. The fourth-order valence-electron chi connectivity index (χ4n) is 2.08. The summed E-state index contributed by atoms with van der Waals surface area (Å²) in [6.07, 6.45) is 3.80. The molecule has 8 nitrogen and oxygen atoms in total. The Morgan fingerprint density at radius 1 is 1.12 bits per heavy atom. The molecular weight excluding hydrogens is 328 g/mol. The van der Waals surface area contributed by atoms with E-state index in [1.807, 2.05) is 24.3 Å². The number of hydrogen-bond acceptors (Lipinski definition) is 8.